The van der Waals surface area contributed by atoms with Gasteiger partial charge in [0, 0.05) is 49.7 Å². The summed E-state index contributed by atoms with van der Waals surface area (Å²) >= 11 is 0. The fourth-order valence-corrected chi connectivity index (χ4v) is 2.87. The molecule has 0 aliphatic carbocycles. The van der Waals surface area contributed by atoms with Crippen molar-refractivity contribution in [3.63, 3.8) is 0 Å². The third-order valence-electron chi connectivity index (χ3n) is 4.19. The van der Waals surface area contributed by atoms with Crippen LogP contribution in [0.5, 0.6) is 11.5 Å². The van der Waals surface area contributed by atoms with Crippen LogP contribution >= 0.6 is 0 Å². The summed E-state index contributed by atoms with van der Waals surface area (Å²) in [5, 5.41) is 7.43. The predicted molar refractivity (Wildman–Crippen MR) is 110 cm³/mol. The molecule has 0 fully saturated rings. The Morgan fingerprint density at radius 3 is 2.29 bits per heavy atom. The van der Waals surface area contributed by atoms with Crippen molar-refractivity contribution in [2.45, 2.75) is 6.54 Å². The average Bonchev–Trinajstić information content (AvgIpc) is 3.12. The molecule has 0 bridgehead atoms. The molecule has 28 heavy (non-hydrogen) atoms. The normalized spacial score (nSPS) is 10.4. The second-order valence-corrected chi connectivity index (χ2v) is 6.47. The van der Waals surface area contributed by atoms with E-state index in [4.69, 9.17) is 9.47 Å². The van der Waals surface area contributed by atoms with E-state index in [1.165, 1.54) is 0 Å². The number of carbonyl (C=O) groups excluding carboxylic acids is 1. The fraction of sp³-hybridized carbons (Fsp3) is 0.238. The Morgan fingerprint density at radius 1 is 1.07 bits per heavy atom. The van der Waals surface area contributed by atoms with Crippen LogP contribution in [0.25, 0.3) is 11.1 Å². The molecule has 0 atom stereocenters. The Kier molecular flexibility index (Phi) is 5.84. The second-order valence-electron chi connectivity index (χ2n) is 6.47. The number of nitrogens with zero attached hydrogens (tertiary/aromatic N) is 3. The summed E-state index contributed by atoms with van der Waals surface area (Å²) in [7, 11) is 7.00. The Bertz CT molecular complexity index is 929. The molecule has 0 saturated heterocycles. The van der Waals surface area contributed by atoms with Crippen LogP contribution in [0.15, 0.2) is 54.7 Å². The summed E-state index contributed by atoms with van der Waals surface area (Å²) in [6, 6.07) is 15.2. The number of carbonyl (C=O) groups is 1. The maximum atomic E-state index is 12.5. The van der Waals surface area contributed by atoms with Gasteiger partial charge in [0.1, 0.15) is 18.0 Å². The SMILES string of the molecule is COc1cc(NC(=O)Cn2cc(-c3ccccc3)c(N(C)C)n2)cc(OC)c1. The van der Waals surface area contributed by atoms with Crippen molar-refractivity contribution in [2.24, 2.45) is 0 Å². The van der Waals surface area contributed by atoms with Gasteiger partial charge in [-0.15, -0.1) is 0 Å². The van der Waals surface area contributed by atoms with Gasteiger partial charge in [-0.1, -0.05) is 30.3 Å². The van der Waals surface area contributed by atoms with Crippen LogP contribution in [-0.2, 0) is 11.3 Å². The molecule has 1 N–H and O–H groups in total. The standard InChI is InChI=1S/C21H24N4O3/c1-24(2)21-19(15-8-6-5-7-9-15)13-25(23-21)14-20(26)22-16-10-17(27-3)12-18(11-16)28-4/h5-13H,14H2,1-4H3,(H,22,26). The Hall–Kier alpha value is -3.48. The van der Waals surface area contributed by atoms with Gasteiger partial charge in [-0.25, -0.2) is 0 Å². The van der Waals surface area contributed by atoms with Crippen LogP contribution in [0.1, 0.15) is 0 Å². The molecule has 0 unspecified atom stereocenters. The number of hydrogen-bond acceptors (Lipinski definition) is 5. The fourth-order valence-electron chi connectivity index (χ4n) is 2.87. The zero-order valence-corrected chi connectivity index (χ0v) is 16.5. The minimum Gasteiger partial charge on any atom is -0.497 e. The highest BCUT2D eigenvalue weighted by molar-refractivity contribution is 5.91. The summed E-state index contributed by atoms with van der Waals surface area (Å²) in [6.07, 6.45) is 1.89. The van der Waals surface area contributed by atoms with Gasteiger partial charge in [-0.05, 0) is 5.56 Å². The lowest BCUT2D eigenvalue weighted by molar-refractivity contribution is -0.116. The number of aromatic nitrogens is 2. The zero-order chi connectivity index (χ0) is 20.1. The zero-order valence-electron chi connectivity index (χ0n) is 16.5. The topological polar surface area (TPSA) is 68.6 Å². The van der Waals surface area contributed by atoms with E-state index in [2.05, 4.69) is 10.4 Å². The molecule has 146 valence electrons. The van der Waals surface area contributed by atoms with E-state index in [1.807, 2.05) is 55.5 Å². The van der Waals surface area contributed by atoms with Gasteiger partial charge in [-0.3, -0.25) is 9.48 Å². The summed E-state index contributed by atoms with van der Waals surface area (Å²) in [6.45, 7) is 0.0905. The largest absolute Gasteiger partial charge is 0.497 e. The molecule has 1 aromatic heterocycles. The molecule has 0 saturated carbocycles. The van der Waals surface area contributed by atoms with E-state index >= 15 is 0 Å². The Morgan fingerprint density at radius 2 is 1.71 bits per heavy atom. The molecule has 0 aliphatic rings. The monoisotopic (exact) mass is 380 g/mol. The van der Waals surface area contributed by atoms with E-state index in [9.17, 15) is 4.79 Å². The Balaban J connectivity index is 1.79. The maximum Gasteiger partial charge on any atom is 0.246 e. The highest BCUT2D eigenvalue weighted by Crippen LogP contribution is 2.29. The summed E-state index contributed by atoms with van der Waals surface area (Å²) in [5.74, 6) is 1.83. The third-order valence-corrected chi connectivity index (χ3v) is 4.19. The third kappa shape index (κ3) is 4.43. The van der Waals surface area contributed by atoms with Gasteiger partial charge < -0.3 is 19.7 Å². The average molecular weight is 380 g/mol. The van der Waals surface area contributed by atoms with Crippen LogP contribution in [0.4, 0.5) is 11.5 Å². The van der Waals surface area contributed by atoms with Crippen LogP contribution in [0.3, 0.4) is 0 Å². The number of hydrogen-bond donors (Lipinski definition) is 1. The lowest BCUT2D eigenvalue weighted by Crippen LogP contribution is -2.19. The minimum atomic E-state index is -0.192. The van der Waals surface area contributed by atoms with Crippen molar-refractivity contribution in [2.75, 3.05) is 38.5 Å². The quantitative estimate of drug-likeness (QED) is 0.681. The van der Waals surface area contributed by atoms with E-state index in [0.717, 1.165) is 16.9 Å². The second kappa shape index (κ2) is 8.47. The number of amides is 1. The van der Waals surface area contributed by atoms with Crippen molar-refractivity contribution < 1.29 is 14.3 Å². The molecule has 7 heteroatoms. The predicted octanol–water partition coefficient (Wildman–Crippen LogP) is 3.27. The van der Waals surface area contributed by atoms with E-state index in [0.29, 0.717) is 17.2 Å². The molecule has 3 aromatic rings. The molecular formula is C21H24N4O3. The number of anilines is 2. The van der Waals surface area contributed by atoms with Crippen LogP contribution in [0.2, 0.25) is 0 Å². The molecule has 0 aliphatic heterocycles. The van der Waals surface area contributed by atoms with E-state index in [1.54, 1.807) is 37.1 Å². The van der Waals surface area contributed by atoms with Gasteiger partial charge in [0.15, 0.2) is 5.82 Å². The summed E-state index contributed by atoms with van der Waals surface area (Å²) in [4.78, 5) is 14.5. The number of nitrogens with one attached hydrogen (secondary N) is 1. The van der Waals surface area contributed by atoms with Crippen LogP contribution in [-0.4, -0.2) is 44.0 Å². The van der Waals surface area contributed by atoms with Gasteiger partial charge in [0.2, 0.25) is 5.91 Å². The van der Waals surface area contributed by atoms with Crippen molar-refractivity contribution in [3.8, 4) is 22.6 Å². The number of methoxy groups -OCH3 is 2. The number of ether oxygens (including phenoxy) is 2. The van der Waals surface area contributed by atoms with Gasteiger partial charge >= 0.3 is 0 Å². The molecule has 3 rings (SSSR count). The molecule has 7 nitrogen and oxygen atoms in total. The molecule has 1 amide bonds. The van der Waals surface area contributed by atoms with Crippen molar-refractivity contribution in [1.29, 1.82) is 0 Å². The molecule has 2 aromatic carbocycles. The summed E-state index contributed by atoms with van der Waals surface area (Å²) < 4.78 is 12.1. The van der Waals surface area contributed by atoms with Crippen molar-refractivity contribution in [3.05, 3.63) is 54.7 Å². The van der Waals surface area contributed by atoms with Gasteiger partial charge in [0.25, 0.3) is 0 Å². The van der Waals surface area contributed by atoms with Crippen molar-refractivity contribution in [1.82, 2.24) is 9.78 Å². The Labute approximate surface area is 164 Å². The summed E-state index contributed by atoms with van der Waals surface area (Å²) in [5.41, 5.74) is 2.63. The molecule has 0 spiro atoms. The molecular weight excluding hydrogens is 356 g/mol. The maximum absolute atomic E-state index is 12.5. The highest BCUT2D eigenvalue weighted by atomic mass is 16.5. The first kappa shape index (κ1) is 19.3. The van der Waals surface area contributed by atoms with Gasteiger partial charge in [-0.2, -0.15) is 5.10 Å². The van der Waals surface area contributed by atoms with Crippen molar-refractivity contribution >= 4 is 17.4 Å². The van der Waals surface area contributed by atoms with Gasteiger partial charge in [0.05, 0.1) is 14.2 Å². The molecule has 0 radical (unpaired) electrons. The van der Waals surface area contributed by atoms with Crippen LogP contribution < -0.4 is 19.7 Å². The highest BCUT2D eigenvalue weighted by Gasteiger charge is 2.15. The smallest absolute Gasteiger partial charge is 0.246 e. The minimum absolute atomic E-state index is 0.0905. The van der Waals surface area contributed by atoms with Crippen LogP contribution in [0, 0.1) is 0 Å². The number of benzene rings is 2. The number of rotatable bonds is 7. The first-order chi connectivity index (χ1) is 13.5. The lowest BCUT2D eigenvalue weighted by atomic mass is 10.1. The first-order valence-electron chi connectivity index (χ1n) is 8.83. The molecule has 1 heterocycles. The van der Waals surface area contributed by atoms with E-state index < -0.39 is 0 Å². The first-order valence-corrected chi connectivity index (χ1v) is 8.83. The lowest BCUT2D eigenvalue weighted by Gasteiger charge is -2.11. The van der Waals surface area contributed by atoms with E-state index in [-0.39, 0.29) is 12.5 Å².